The number of piperazine rings is 1. The maximum Gasteiger partial charge on any atom is 0.317 e. The third-order valence-electron chi connectivity index (χ3n) is 3.80. The van der Waals surface area contributed by atoms with Crippen LogP contribution in [-0.4, -0.2) is 55.9 Å². The molecule has 21 heavy (non-hydrogen) atoms. The molecule has 1 atom stereocenters. The number of nitrogens with two attached hydrogens (primary N) is 1. The number of fused-ring (bicyclic) bond motifs is 1. The van der Waals surface area contributed by atoms with Gasteiger partial charge in [-0.15, -0.1) is 0 Å². The molecule has 1 unspecified atom stereocenters. The monoisotopic (exact) mass is 314 g/mol. The van der Waals surface area contributed by atoms with Crippen LogP contribution in [0.4, 0.5) is 14.9 Å². The lowest BCUT2D eigenvalue weighted by molar-refractivity contribution is 0.164. The Kier molecular flexibility index (Phi) is 3.25. The van der Waals surface area contributed by atoms with Crippen LogP contribution >= 0.6 is 0 Å². The third-order valence-corrected chi connectivity index (χ3v) is 5.66. The van der Waals surface area contributed by atoms with Gasteiger partial charge in [0, 0.05) is 26.2 Å². The zero-order valence-corrected chi connectivity index (χ0v) is 11.9. The van der Waals surface area contributed by atoms with Gasteiger partial charge in [0.15, 0.2) is 0 Å². The van der Waals surface area contributed by atoms with E-state index in [1.165, 1.54) is 10.4 Å². The minimum atomic E-state index is -3.74. The van der Waals surface area contributed by atoms with Crippen molar-refractivity contribution < 1.29 is 17.6 Å². The highest BCUT2D eigenvalue weighted by Gasteiger charge is 2.39. The highest BCUT2D eigenvalue weighted by molar-refractivity contribution is 7.89. The summed E-state index contributed by atoms with van der Waals surface area (Å²) in [6.07, 6.45) is 0. The predicted molar refractivity (Wildman–Crippen MR) is 73.5 cm³/mol. The van der Waals surface area contributed by atoms with Crippen LogP contribution in [0.5, 0.6) is 0 Å². The molecule has 2 heterocycles. The molecule has 0 aromatic heterocycles. The van der Waals surface area contributed by atoms with Gasteiger partial charge < -0.3 is 16.0 Å². The number of urea groups is 1. The highest BCUT2D eigenvalue weighted by atomic mass is 32.2. The van der Waals surface area contributed by atoms with E-state index in [9.17, 15) is 17.6 Å². The number of hydrogen-bond acceptors (Lipinski definition) is 4. The van der Waals surface area contributed by atoms with E-state index in [-0.39, 0.29) is 35.7 Å². The summed E-state index contributed by atoms with van der Waals surface area (Å²) in [6.45, 7) is 1.20. The molecule has 0 bridgehead atoms. The van der Waals surface area contributed by atoms with Gasteiger partial charge in [-0.2, -0.15) is 4.31 Å². The first-order valence-corrected chi connectivity index (χ1v) is 7.93. The quantitative estimate of drug-likeness (QED) is 0.739. The molecule has 2 aliphatic rings. The molecule has 2 saturated heterocycles. The summed E-state index contributed by atoms with van der Waals surface area (Å²) in [5.74, 6) is -0.649. The largest absolute Gasteiger partial charge is 0.396 e. The van der Waals surface area contributed by atoms with E-state index in [1.807, 2.05) is 0 Å². The Bertz CT molecular complexity index is 694. The number of carbonyl (C=O) groups is 1. The zero-order chi connectivity index (χ0) is 15.2. The van der Waals surface area contributed by atoms with Gasteiger partial charge in [-0.25, -0.2) is 17.6 Å². The number of rotatable bonds is 2. The second-order valence-electron chi connectivity index (χ2n) is 5.08. The first-order chi connectivity index (χ1) is 9.89. The zero-order valence-electron chi connectivity index (χ0n) is 11.1. The fourth-order valence-electron chi connectivity index (χ4n) is 2.63. The van der Waals surface area contributed by atoms with E-state index in [2.05, 4.69) is 5.32 Å². The Hall–Kier alpha value is -1.87. The van der Waals surface area contributed by atoms with Crippen LogP contribution in [0.1, 0.15) is 0 Å². The number of nitrogens with one attached hydrogen (secondary N) is 1. The normalized spacial score (nSPS) is 23.0. The Morgan fingerprint density at radius 2 is 2.10 bits per heavy atom. The second-order valence-corrected chi connectivity index (χ2v) is 7.02. The number of halogens is 1. The highest BCUT2D eigenvalue weighted by Crippen LogP contribution is 2.24. The van der Waals surface area contributed by atoms with E-state index < -0.39 is 15.8 Å². The fraction of sp³-hybridized carbons (Fsp3) is 0.417. The van der Waals surface area contributed by atoms with Crippen LogP contribution in [0.2, 0.25) is 0 Å². The molecule has 2 amide bonds. The lowest BCUT2D eigenvalue weighted by Crippen LogP contribution is -2.53. The summed E-state index contributed by atoms with van der Waals surface area (Å²) < 4.78 is 39.6. The SMILES string of the molecule is Nc1cc(S(=O)(=O)N2CCN3C(=O)NCC3C2)ccc1F. The molecule has 1 aromatic rings. The van der Waals surface area contributed by atoms with Crippen molar-refractivity contribution >= 4 is 21.7 Å². The fourth-order valence-corrected chi connectivity index (χ4v) is 4.13. The smallest absolute Gasteiger partial charge is 0.317 e. The average Bonchev–Trinajstić information content (AvgIpc) is 2.83. The molecule has 0 aliphatic carbocycles. The first-order valence-electron chi connectivity index (χ1n) is 6.49. The van der Waals surface area contributed by atoms with Crippen molar-refractivity contribution in [2.75, 3.05) is 31.9 Å². The summed E-state index contributed by atoms with van der Waals surface area (Å²) in [5, 5.41) is 2.69. The second kappa shape index (κ2) is 4.85. The first kappa shape index (κ1) is 14.1. The number of sulfonamides is 1. The van der Waals surface area contributed by atoms with Gasteiger partial charge in [-0.05, 0) is 18.2 Å². The van der Waals surface area contributed by atoms with Crippen LogP contribution in [-0.2, 0) is 10.0 Å². The van der Waals surface area contributed by atoms with Crippen molar-refractivity contribution in [2.24, 2.45) is 0 Å². The standard InChI is InChI=1S/C12H15FN4O3S/c13-10-2-1-9(5-11(10)14)21(19,20)16-3-4-17-8(7-16)6-15-12(17)18/h1-2,5,8H,3-4,6-7,14H2,(H,15,18). The summed E-state index contributed by atoms with van der Waals surface area (Å²) >= 11 is 0. The van der Waals surface area contributed by atoms with Crippen LogP contribution in [0.15, 0.2) is 23.1 Å². The minimum Gasteiger partial charge on any atom is -0.396 e. The number of carbonyl (C=O) groups excluding carboxylic acids is 1. The van der Waals surface area contributed by atoms with Gasteiger partial charge in [0.1, 0.15) is 5.82 Å². The molecule has 1 aromatic carbocycles. The number of benzene rings is 1. The topological polar surface area (TPSA) is 95.7 Å². The van der Waals surface area contributed by atoms with E-state index in [1.54, 1.807) is 4.90 Å². The number of amides is 2. The van der Waals surface area contributed by atoms with E-state index in [0.717, 1.165) is 12.1 Å². The molecule has 9 heteroatoms. The van der Waals surface area contributed by atoms with Crippen LogP contribution < -0.4 is 11.1 Å². The lowest BCUT2D eigenvalue weighted by atomic mass is 10.2. The summed E-state index contributed by atoms with van der Waals surface area (Å²) in [5.41, 5.74) is 5.23. The molecule has 0 saturated carbocycles. The molecule has 0 spiro atoms. The summed E-state index contributed by atoms with van der Waals surface area (Å²) in [7, 11) is -3.74. The predicted octanol–water partition coefficient (Wildman–Crippen LogP) is -0.194. The van der Waals surface area contributed by atoms with E-state index >= 15 is 0 Å². The summed E-state index contributed by atoms with van der Waals surface area (Å²) in [4.78, 5) is 13.1. The molecular formula is C12H15FN4O3S. The van der Waals surface area contributed by atoms with Gasteiger partial charge in [-0.3, -0.25) is 0 Å². The van der Waals surface area contributed by atoms with Crippen molar-refractivity contribution in [2.45, 2.75) is 10.9 Å². The van der Waals surface area contributed by atoms with Crippen molar-refractivity contribution in [3.8, 4) is 0 Å². The number of anilines is 1. The van der Waals surface area contributed by atoms with Gasteiger partial charge in [0.2, 0.25) is 10.0 Å². The molecule has 7 nitrogen and oxygen atoms in total. The Morgan fingerprint density at radius 1 is 1.33 bits per heavy atom. The van der Waals surface area contributed by atoms with Crippen molar-refractivity contribution in [3.63, 3.8) is 0 Å². The van der Waals surface area contributed by atoms with Crippen LogP contribution in [0.3, 0.4) is 0 Å². The van der Waals surface area contributed by atoms with Gasteiger partial charge in [0.25, 0.3) is 0 Å². The Labute approximate surface area is 121 Å². The lowest BCUT2D eigenvalue weighted by Gasteiger charge is -2.35. The molecule has 3 N–H and O–H groups in total. The van der Waals surface area contributed by atoms with E-state index in [0.29, 0.717) is 13.1 Å². The van der Waals surface area contributed by atoms with Gasteiger partial charge in [0.05, 0.1) is 16.6 Å². The average molecular weight is 314 g/mol. The number of nitrogen functional groups attached to an aromatic ring is 1. The molecule has 2 aliphatic heterocycles. The minimum absolute atomic E-state index is 0.0351. The van der Waals surface area contributed by atoms with Crippen molar-refractivity contribution in [1.29, 1.82) is 0 Å². The van der Waals surface area contributed by atoms with Crippen molar-refractivity contribution in [3.05, 3.63) is 24.0 Å². The van der Waals surface area contributed by atoms with E-state index in [4.69, 9.17) is 5.73 Å². The molecule has 3 rings (SSSR count). The third kappa shape index (κ3) is 2.32. The Balaban J connectivity index is 1.85. The van der Waals surface area contributed by atoms with Crippen molar-refractivity contribution in [1.82, 2.24) is 14.5 Å². The molecular weight excluding hydrogens is 299 g/mol. The van der Waals surface area contributed by atoms with Crippen LogP contribution in [0, 0.1) is 5.82 Å². The molecule has 114 valence electrons. The van der Waals surface area contributed by atoms with Crippen LogP contribution in [0.25, 0.3) is 0 Å². The maximum absolute atomic E-state index is 13.2. The number of nitrogens with zero attached hydrogens (tertiary/aromatic N) is 2. The molecule has 0 radical (unpaired) electrons. The Morgan fingerprint density at radius 3 is 2.81 bits per heavy atom. The maximum atomic E-state index is 13.2. The van der Waals surface area contributed by atoms with Gasteiger partial charge >= 0.3 is 6.03 Å². The molecule has 2 fully saturated rings. The van der Waals surface area contributed by atoms with Gasteiger partial charge in [-0.1, -0.05) is 0 Å². The summed E-state index contributed by atoms with van der Waals surface area (Å²) in [6, 6.07) is 3.03. The number of hydrogen-bond donors (Lipinski definition) is 2.